The Balaban J connectivity index is 2.83. The van der Waals surface area contributed by atoms with Gasteiger partial charge in [0.05, 0.1) is 0 Å². The van der Waals surface area contributed by atoms with Crippen LogP contribution in [-0.2, 0) is 16.9 Å². The standard InChI is InChI=1S/C7H8O.3ClH.Hf/c1-6-4-2-3-5-7(6)8;;;;/h2-5,8H,1H3;3*1H;/q;;;;+4/p-4. The molecule has 0 heterocycles. The van der Waals surface area contributed by atoms with Gasteiger partial charge in [-0.1, -0.05) is 0 Å². The molecule has 0 amide bonds. The van der Waals surface area contributed by atoms with Crippen LogP contribution in [0.5, 0.6) is 5.75 Å². The number of para-hydroxylation sites is 1. The Hall–Kier alpha value is 0.760. The van der Waals surface area contributed by atoms with Crippen LogP contribution < -0.4 is 2.85 Å². The molecule has 0 aliphatic heterocycles. The van der Waals surface area contributed by atoms with E-state index >= 15 is 0 Å². The molecule has 0 atom stereocenters. The summed E-state index contributed by atoms with van der Waals surface area (Å²) in [6, 6.07) is 7.49. The Kier molecular flexibility index (Phi) is 3.90. The zero-order chi connectivity index (χ0) is 9.19. The van der Waals surface area contributed by atoms with Gasteiger partial charge in [0.15, 0.2) is 0 Å². The van der Waals surface area contributed by atoms with Crippen LogP contribution in [0, 0.1) is 6.92 Å². The molecule has 1 rings (SSSR count). The molecule has 1 nitrogen and oxygen atoms in total. The summed E-state index contributed by atoms with van der Waals surface area (Å²) in [6.07, 6.45) is 0. The van der Waals surface area contributed by atoms with Gasteiger partial charge in [-0.05, 0) is 0 Å². The first-order valence-corrected chi connectivity index (χ1v) is 18.1. The van der Waals surface area contributed by atoms with Gasteiger partial charge in [-0.15, -0.1) is 0 Å². The van der Waals surface area contributed by atoms with E-state index in [1.165, 1.54) is 0 Å². The summed E-state index contributed by atoms with van der Waals surface area (Å²) in [7, 11) is 17.0. The monoisotopic (exact) mass is 392 g/mol. The van der Waals surface area contributed by atoms with E-state index in [0.717, 1.165) is 5.56 Å². The van der Waals surface area contributed by atoms with Crippen LogP contribution in [-0.4, -0.2) is 0 Å². The maximum atomic E-state index is 5.67. The van der Waals surface area contributed by atoms with Crippen LogP contribution in [0.4, 0.5) is 0 Å². The second-order valence-corrected chi connectivity index (χ2v) is 24.1. The van der Waals surface area contributed by atoms with Crippen molar-refractivity contribution in [3.8, 4) is 5.75 Å². The topological polar surface area (TPSA) is 9.23 Å². The first kappa shape index (κ1) is 10.8. The molecule has 0 radical (unpaired) electrons. The molecule has 0 saturated heterocycles. The SMILES string of the molecule is Cc1ccccc1[O][Hf]([Cl])([Cl])[Cl]. The summed E-state index contributed by atoms with van der Waals surface area (Å²) in [5, 5.41) is 0. The summed E-state index contributed by atoms with van der Waals surface area (Å²) >= 11 is -3.81. The summed E-state index contributed by atoms with van der Waals surface area (Å²) < 4.78 is 5.25. The average Bonchev–Trinajstić information content (AvgIpc) is 1.91. The van der Waals surface area contributed by atoms with Crippen LogP contribution >= 0.6 is 25.7 Å². The van der Waals surface area contributed by atoms with Gasteiger partial charge in [0.25, 0.3) is 0 Å². The van der Waals surface area contributed by atoms with E-state index in [1.807, 2.05) is 25.1 Å². The summed E-state index contributed by atoms with van der Waals surface area (Å²) in [5.74, 6) is 0.680. The predicted octanol–water partition coefficient (Wildman–Crippen LogP) is 3.90. The molecule has 0 bridgehead atoms. The van der Waals surface area contributed by atoms with Gasteiger partial charge in [0.2, 0.25) is 0 Å². The Morgan fingerprint density at radius 2 is 1.75 bits per heavy atom. The molecule has 0 unspecified atom stereocenters. The third-order valence-electron chi connectivity index (χ3n) is 1.32. The molecule has 1 aromatic rings. The molecule has 0 spiro atoms. The Morgan fingerprint density at radius 3 is 2.25 bits per heavy atom. The van der Waals surface area contributed by atoms with Crippen LogP contribution in [0.3, 0.4) is 0 Å². The van der Waals surface area contributed by atoms with Crippen molar-refractivity contribution in [1.29, 1.82) is 0 Å². The summed E-state index contributed by atoms with van der Waals surface area (Å²) in [5.41, 5.74) is 0.990. The molecule has 1 aromatic carbocycles. The molecule has 66 valence electrons. The summed E-state index contributed by atoms with van der Waals surface area (Å²) in [6.45, 7) is 1.92. The van der Waals surface area contributed by atoms with Crippen LogP contribution in [0.2, 0.25) is 0 Å². The van der Waals surface area contributed by atoms with Gasteiger partial charge in [0.1, 0.15) is 0 Å². The minimum atomic E-state index is -3.81. The first-order chi connectivity index (χ1) is 5.49. The zero-order valence-corrected chi connectivity index (χ0v) is 12.2. The number of benzene rings is 1. The Labute approximate surface area is 87.2 Å². The van der Waals surface area contributed by atoms with E-state index in [9.17, 15) is 0 Å². The van der Waals surface area contributed by atoms with Crippen LogP contribution in [0.15, 0.2) is 24.3 Å². The van der Waals surface area contributed by atoms with Gasteiger partial charge >= 0.3 is 87.9 Å². The van der Waals surface area contributed by atoms with Gasteiger partial charge in [-0.25, -0.2) is 0 Å². The molecule has 0 aromatic heterocycles. The Bertz CT molecular complexity index is 272. The van der Waals surface area contributed by atoms with Crippen LogP contribution in [0.25, 0.3) is 0 Å². The van der Waals surface area contributed by atoms with Crippen molar-refractivity contribution >= 4 is 25.7 Å². The van der Waals surface area contributed by atoms with E-state index < -0.39 is 16.9 Å². The van der Waals surface area contributed by atoms with E-state index in [0.29, 0.717) is 5.75 Å². The molecule has 0 saturated carbocycles. The third-order valence-corrected chi connectivity index (χ3v) is 4.84. The van der Waals surface area contributed by atoms with E-state index in [1.54, 1.807) is 6.07 Å². The number of hydrogen-bond donors (Lipinski definition) is 0. The van der Waals surface area contributed by atoms with Crippen molar-refractivity contribution < 1.29 is 19.7 Å². The van der Waals surface area contributed by atoms with Crippen molar-refractivity contribution in [2.75, 3.05) is 0 Å². The van der Waals surface area contributed by atoms with E-state index in [2.05, 4.69) is 0 Å². The van der Waals surface area contributed by atoms with Crippen molar-refractivity contribution in [2.45, 2.75) is 6.92 Å². The molecule has 0 fully saturated rings. The number of aryl methyl sites for hydroxylation is 1. The number of halogens is 3. The normalized spacial score (nSPS) is 11.3. The van der Waals surface area contributed by atoms with Gasteiger partial charge < -0.3 is 0 Å². The fourth-order valence-electron chi connectivity index (χ4n) is 0.796. The number of rotatable bonds is 2. The van der Waals surface area contributed by atoms with E-state index in [4.69, 9.17) is 28.6 Å². The maximum absolute atomic E-state index is 5.67. The predicted molar refractivity (Wildman–Crippen MR) is 49.4 cm³/mol. The second-order valence-electron chi connectivity index (χ2n) is 2.31. The van der Waals surface area contributed by atoms with Crippen molar-refractivity contribution in [1.82, 2.24) is 0 Å². The number of hydrogen-bond acceptors (Lipinski definition) is 1. The molecule has 5 heteroatoms. The quantitative estimate of drug-likeness (QED) is 0.694. The van der Waals surface area contributed by atoms with Crippen LogP contribution in [0.1, 0.15) is 5.56 Å². The minimum absolute atomic E-state index is 0.680. The fraction of sp³-hybridized carbons (Fsp3) is 0.143. The average molecular weight is 392 g/mol. The third kappa shape index (κ3) is 3.65. The van der Waals surface area contributed by atoms with Gasteiger partial charge in [0, 0.05) is 0 Å². The molecule has 0 N–H and O–H groups in total. The van der Waals surface area contributed by atoms with Gasteiger partial charge in [-0.2, -0.15) is 0 Å². The fourth-order valence-corrected chi connectivity index (χ4v) is 4.56. The molecule has 12 heavy (non-hydrogen) atoms. The van der Waals surface area contributed by atoms with Crippen molar-refractivity contribution in [3.05, 3.63) is 29.8 Å². The molecular formula is C7H7Cl3HfO. The second kappa shape index (κ2) is 4.32. The summed E-state index contributed by atoms with van der Waals surface area (Å²) in [4.78, 5) is 0. The Morgan fingerprint density at radius 1 is 1.17 bits per heavy atom. The van der Waals surface area contributed by atoms with Crippen molar-refractivity contribution in [3.63, 3.8) is 0 Å². The molecular weight excluding hydrogens is 385 g/mol. The zero-order valence-electron chi connectivity index (χ0n) is 6.35. The van der Waals surface area contributed by atoms with Crippen molar-refractivity contribution in [2.24, 2.45) is 0 Å². The first-order valence-electron chi connectivity index (χ1n) is 3.30. The molecule has 0 aliphatic carbocycles. The molecule has 0 aliphatic rings. The van der Waals surface area contributed by atoms with E-state index in [-0.39, 0.29) is 0 Å². The van der Waals surface area contributed by atoms with Gasteiger partial charge in [-0.3, -0.25) is 0 Å².